The lowest BCUT2D eigenvalue weighted by molar-refractivity contribution is -0.140. The van der Waals surface area contributed by atoms with E-state index in [0.717, 1.165) is 4.88 Å². The lowest BCUT2D eigenvalue weighted by atomic mass is 10.2. The lowest BCUT2D eigenvalue weighted by Crippen LogP contribution is -2.18. The van der Waals surface area contributed by atoms with Gasteiger partial charge in [-0.2, -0.15) is 5.26 Å². The minimum absolute atomic E-state index is 0.0536. The normalized spacial score (nSPS) is 11.5. The predicted molar refractivity (Wildman–Crippen MR) is 79.7 cm³/mol. The van der Waals surface area contributed by atoms with Crippen molar-refractivity contribution >= 4 is 28.9 Å². The summed E-state index contributed by atoms with van der Waals surface area (Å²) < 4.78 is 10.5. The van der Waals surface area contributed by atoms with Crippen molar-refractivity contribution in [3.63, 3.8) is 0 Å². The van der Waals surface area contributed by atoms with Crippen LogP contribution in [0, 0.1) is 11.3 Å². The molecule has 0 bridgehead atoms. The first-order valence-electron chi connectivity index (χ1n) is 6.28. The van der Waals surface area contributed by atoms with Gasteiger partial charge in [-0.15, -0.1) is 11.3 Å². The van der Waals surface area contributed by atoms with Crippen molar-refractivity contribution in [2.75, 3.05) is 19.8 Å². The summed E-state index contributed by atoms with van der Waals surface area (Å²) >= 11 is 7.06. The quantitative estimate of drug-likeness (QED) is 0.341. The molecule has 0 atom stereocenters. The number of nitrogens with zero attached hydrogens (tertiary/aromatic N) is 2. The van der Waals surface area contributed by atoms with Gasteiger partial charge >= 0.3 is 5.97 Å². The van der Waals surface area contributed by atoms with Crippen LogP contribution in [0.15, 0.2) is 17.5 Å². The molecule has 21 heavy (non-hydrogen) atoms. The predicted octanol–water partition coefficient (Wildman–Crippen LogP) is 2.26. The average molecular weight is 330 g/mol. The van der Waals surface area contributed by atoms with Gasteiger partial charge in [0, 0.05) is 23.4 Å². The van der Waals surface area contributed by atoms with Gasteiger partial charge in [0.1, 0.15) is 12.7 Å². The first-order chi connectivity index (χ1) is 10.1. The van der Waals surface area contributed by atoms with E-state index < -0.39 is 5.97 Å². The number of ether oxygens (including phenoxy) is 2. The third kappa shape index (κ3) is 6.12. The van der Waals surface area contributed by atoms with Crippen LogP contribution < -0.4 is 5.32 Å². The highest BCUT2D eigenvalue weighted by atomic mass is 35.5. The van der Waals surface area contributed by atoms with Crippen molar-refractivity contribution in [2.24, 2.45) is 0 Å². The van der Waals surface area contributed by atoms with Crippen LogP contribution in [0.5, 0.6) is 0 Å². The van der Waals surface area contributed by atoms with Crippen molar-refractivity contribution in [2.45, 2.75) is 20.4 Å². The minimum atomic E-state index is -0.662. The van der Waals surface area contributed by atoms with Crippen molar-refractivity contribution in [3.8, 4) is 6.07 Å². The lowest BCUT2D eigenvalue weighted by Gasteiger charge is -2.08. The second-order valence-corrected chi connectivity index (χ2v) is 5.58. The standard InChI is InChI=1S/C13H16ClN3O3S/c1-3-19-4-5-20-12(18)11(6-15)9(2)16-7-10-8-17-13(14)21-10/h8,16H,3-5,7H2,1-2H3/b11-9-. The van der Waals surface area contributed by atoms with Crippen LogP contribution >= 0.6 is 22.9 Å². The molecule has 0 aliphatic carbocycles. The number of halogens is 1. The summed E-state index contributed by atoms with van der Waals surface area (Å²) in [7, 11) is 0. The van der Waals surface area contributed by atoms with E-state index in [1.807, 2.05) is 13.0 Å². The Morgan fingerprint density at radius 3 is 2.90 bits per heavy atom. The molecule has 6 nitrogen and oxygen atoms in total. The van der Waals surface area contributed by atoms with Crippen LogP contribution in [-0.4, -0.2) is 30.8 Å². The summed E-state index contributed by atoms with van der Waals surface area (Å²) in [5.74, 6) is -0.662. The number of carbonyl (C=O) groups is 1. The molecule has 1 rings (SSSR count). The second-order valence-electron chi connectivity index (χ2n) is 3.88. The molecule has 1 N–H and O–H groups in total. The fourth-order valence-electron chi connectivity index (χ4n) is 1.37. The smallest absolute Gasteiger partial charge is 0.350 e. The number of allylic oxidation sites excluding steroid dienone is 1. The molecule has 0 amide bonds. The summed E-state index contributed by atoms with van der Waals surface area (Å²) in [6.45, 7) is 4.92. The molecule has 0 aliphatic heterocycles. The molecule has 0 radical (unpaired) electrons. The summed E-state index contributed by atoms with van der Waals surface area (Å²) in [5.41, 5.74) is 0.394. The Morgan fingerprint density at radius 1 is 1.57 bits per heavy atom. The van der Waals surface area contributed by atoms with E-state index in [1.54, 1.807) is 13.1 Å². The van der Waals surface area contributed by atoms with Crippen molar-refractivity contribution in [1.82, 2.24) is 10.3 Å². The van der Waals surface area contributed by atoms with Crippen molar-refractivity contribution in [1.29, 1.82) is 5.26 Å². The van der Waals surface area contributed by atoms with Crippen molar-refractivity contribution < 1.29 is 14.3 Å². The zero-order valence-electron chi connectivity index (χ0n) is 11.8. The Labute approximate surface area is 132 Å². The first-order valence-corrected chi connectivity index (χ1v) is 7.47. The van der Waals surface area contributed by atoms with E-state index in [-0.39, 0.29) is 12.2 Å². The maximum atomic E-state index is 11.8. The van der Waals surface area contributed by atoms with Gasteiger partial charge in [0.25, 0.3) is 0 Å². The molecular weight excluding hydrogens is 314 g/mol. The van der Waals surface area contributed by atoms with Crippen LogP contribution in [0.3, 0.4) is 0 Å². The number of hydrogen-bond acceptors (Lipinski definition) is 7. The molecule has 0 aliphatic rings. The van der Waals surface area contributed by atoms with Crippen LogP contribution in [0.4, 0.5) is 0 Å². The highest BCUT2D eigenvalue weighted by Gasteiger charge is 2.14. The van der Waals surface area contributed by atoms with Gasteiger partial charge in [0.05, 0.1) is 13.2 Å². The third-order valence-corrected chi connectivity index (χ3v) is 3.52. The fourth-order valence-corrected chi connectivity index (χ4v) is 2.28. The van der Waals surface area contributed by atoms with Gasteiger partial charge in [-0.05, 0) is 13.8 Å². The third-order valence-electron chi connectivity index (χ3n) is 2.41. The summed E-state index contributed by atoms with van der Waals surface area (Å²) in [6.07, 6.45) is 1.64. The number of nitrogens with one attached hydrogen (secondary N) is 1. The van der Waals surface area contributed by atoms with Gasteiger partial charge in [0.15, 0.2) is 10.0 Å². The number of hydrogen-bond donors (Lipinski definition) is 1. The van der Waals surface area contributed by atoms with E-state index in [4.69, 9.17) is 26.3 Å². The molecule has 8 heteroatoms. The summed E-state index contributed by atoms with van der Waals surface area (Å²) in [4.78, 5) is 16.6. The first kappa shape index (κ1) is 17.4. The van der Waals surface area contributed by atoms with E-state index in [1.165, 1.54) is 11.3 Å². The zero-order valence-corrected chi connectivity index (χ0v) is 13.4. The van der Waals surface area contributed by atoms with Crippen LogP contribution in [0.2, 0.25) is 4.47 Å². The molecule has 1 aromatic heterocycles. The Kier molecular flexibility index (Phi) is 7.75. The molecule has 0 unspecified atom stereocenters. The Balaban J connectivity index is 2.54. The number of nitriles is 1. The van der Waals surface area contributed by atoms with Gasteiger partial charge in [-0.25, -0.2) is 9.78 Å². The number of carbonyl (C=O) groups excluding carboxylic acids is 1. The maximum absolute atomic E-state index is 11.8. The number of thiazole rings is 1. The molecule has 0 saturated heterocycles. The number of esters is 1. The molecule has 1 heterocycles. The van der Waals surface area contributed by atoms with Crippen LogP contribution in [0.1, 0.15) is 18.7 Å². The van der Waals surface area contributed by atoms with E-state index in [2.05, 4.69) is 10.3 Å². The largest absolute Gasteiger partial charge is 0.459 e. The second kappa shape index (κ2) is 9.34. The Bertz CT molecular complexity index is 551. The monoisotopic (exact) mass is 329 g/mol. The van der Waals surface area contributed by atoms with Crippen LogP contribution in [0.25, 0.3) is 0 Å². The van der Waals surface area contributed by atoms with Gasteiger partial charge < -0.3 is 14.8 Å². The van der Waals surface area contributed by atoms with E-state index >= 15 is 0 Å². The van der Waals surface area contributed by atoms with Crippen molar-refractivity contribution in [3.05, 3.63) is 26.8 Å². The molecule has 0 fully saturated rings. The van der Waals surface area contributed by atoms with E-state index in [9.17, 15) is 4.79 Å². The number of rotatable bonds is 8. The molecular formula is C13H16ClN3O3S. The molecule has 0 spiro atoms. The van der Waals surface area contributed by atoms with Crippen LogP contribution in [-0.2, 0) is 20.8 Å². The topological polar surface area (TPSA) is 84.2 Å². The van der Waals surface area contributed by atoms with E-state index in [0.29, 0.717) is 29.9 Å². The SMILES string of the molecule is CCOCCOC(=O)/C(C#N)=C(/C)NCc1cnc(Cl)s1. The molecule has 1 aromatic rings. The highest BCUT2D eigenvalue weighted by Crippen LogP contribution is 2.17. The van der Waals surface area contributed by atoms with Gasteiger partial charge in [-0.1, -0.05) is 11.6 Å². The molecule has 0 aromatic carbocycles. The summed E-state index contributed by atoms with van der Waals surface area (Å²) in [5, 5.41) is 12.0. The fraction of sp³-hybridized carbons (Fsp3) is 0.462. The zero-order chi connectivity index (χ0) is 15.7. The summed E-state index contributed by atoms with van der Waals surface area (Å²) in [6, 6.07) is 1.85. The highest BCUT2D eigenvalue weighted by molar-refractivity contribution is 7.15. The maximum Gasteiger partial charge on any atom is 0.350 e. The van der Waals surface area contributed by atoms with Gasteiger partial charge in [-0.3, -0.25) is 0 Å². The molecule has 0 saturated carbocycles. The Morgan fingerprint density at radius 2 is 2.33 bits per heavy atom. The molecule has 114 valence electrons. The number of aromatic nitrogens is 1. The van der Waals surface area contributed by atoms with Gasteiger partial charge in [0.2, 0.25) is 0 Å². The Hall–Kier alpha value is -1.62. The average Bonchev–Trinajstić information content (AvgIpc) is 2.88. The minimum Gasteiger partial charge on any atom is -0.459 e.